The molecule has 2 rings (SSSR count). The highest BCUT2D eigenvalue weighted by Gasteiger charge is 2.16. The number of benzene rings is 2. The Morgan fingerprint density at radius 3 is 2.35 bits per heavy atom. The first-order valence-corrected chi connectivity index (χ1v) is 7.49. The number of halogens is 1. The lowest BCUT2D eigenvalue weighted by molar-refractivity contribution is -0.111. The minimum absolute atomic E-state index is 0.00769. The van der Waals surface area contributed by atoms with Crippen molar-refractivity contribution in [2.75, 3.05) is 7.11 Å². The fraction of sp³-hybridized carbons (Fsp3) is 0.188. The molecule has 0 N–H and O–H groups in total. The summed E-state index contributed by atoms with van der Waals surface area (Å²) in [7, 11) is 1.63. The summed E-state index contributed by atoms with van der Waals surface area (Å²) in [5.41, 5.74) is 1.06. The van der Waals surface area contributed by atoms with Gasteiger partial charge in [0.15, 0.2) is 0 Å². The standard InChI is InChI=1S/C16H15ClO2S/c1-19-13-9-7-12(8-10-13)15(11-16(17)18)20-14-5-3-2-4-6-14/h2-10,15H,11H2,1H3. The van der Waals surface area contributed by atoms with Gasteiger partial charge < -0.3 is 4.74 Å². The van der Waals surface area contributed by atoms with Gasteiger partial charge in [-0.3, -0.25) is 4.79 Å². The molecule has 0 aromatic heterocycles. The zero-order valence-corrected chi connectivity index (χ0v) is 12.7. The number of hydrogen-bond donors (Lipinski definition) is 0. The Balaban J connectivity index is 2.19. The fourth-order valence-electron chi connectivity index (χ4n) is 1.86. The van der Waals surface area contributed by atoms with E-state index in [2.05, 4.69) is 0 Å². The second kappa shape index (κ2) is 7.36. The van der Waals surface area contributed by atoms with E-state index in [9.17, 15) is 4.79 Å². The van der Waals surface area contributed by atoms with Crippen molar-refractivity contribution in [3.63, 3.8) is 0 Å². The zero-order valence-electron chi connectivity index (χ0n) is 11.1. The maximum Gasteiger partial charge on any atom is 0.223 e. The van der Waals surface area contributed by atoms with Gasteiger partial charge in [0, 0.05) is 16.6 Å². The van der Waals surface area contributed by atoms with Gasteiger partial charge in [-0.25, -0.2) is 0 Å². The third kappa shape index (κ3) is 4.29. The number of hydrogen-bond acceptors (Lipinski definition) is 3. The Morgan fingerprint density at radius 2 is 1.80 bits per heavy atom. The average Bonchev–Trinajstić information content (AvgIpc) is 2.47. The van der Waals surface area contributed by atoms with E-state index < -0.39 is 0 Å². The van der Waals surface area contributed by atoms with Crippen LogP contribution >= 0.6 is 23.4 Å². The molecule has 1 unspecified atom stereocenters. The predicted molar refractivity (Wildman–Crippen MR) is 83.5 cm³/mol. The number of thioether (sulfide) groups is 1. The van der Waals surface area contributed by atoms with E-state index in [0.717, 1.165) is 16.2 Å². The number of carbonyl (C=O) groups is 1. The highest BCUT2D eigenvalue weighted by Crippen LogP contribution is 2.38. The molecule has 0 amide bonds. The van der Waals surface area contributed by atoms with E-state index in [1.54, 1.807) is 18.9 Å². The predicted octanol–water partition coefficient (Wildman–Crippen LogP) is 4.68. The molecule has 1 atom stereocenters. The van der Waals surface area contributed by atoms with Gasteiger partial charge in [-0.2, -0.15) is 0 Å². The first-order chi connectivity index (χ1) is 9.69. The minimum Gasteiger partial charge on any atom is -0.497 e. The number of rotatable bonds is 6. The van der Waals surface area contributed by atoms with E-state index >= 15 is 0 Å². The van der Waals surface area contributed by atoms with Crippen molar-refractivity contribution in [2.45, 2.75) is 16.6 Å². The van der Waals surface area contributed by atoms with Crippen molar-refractivity contribution in [1.82, 2.24) is 0 Å². The molecule has 2 aromatic rings. The highest BCUT2D eigenvalue weighted by atomic mass is 35.5. The van der Waals surface area contributed by atoms with Gasteiger partial charge in [0.05, 0.1) is 7.11 Å². The summed E-state index contributed by atoms with van der Waals surface area (Å²) in [5, 5.41) is -0.317. The van der Waals surface area contributed by atoms with Crippen LogP contribution < -0.4 is 4.74 Å². The summed E-state index contributed by atoms with van der Waals surface area (Å²) in [5.74, 6) is 0.800. The van der Waals surface area contributed by atoms with Gasteiger partial charge in [-0.15, -0.1) is 11.8 Å². The molecule has 0 bridgehead atoms. The van der Waals surface area contributed by atoms with Crippen molar-refractivity contribution in [1.29, 1.82) is 0 Å². The van der Waals surface area contributed by atoms with E-state index in [1.165, 1.54) is 0 Å². The number of ether oxygens (including phenoxy) is 1. The molecular formula is C16H15ClO2S. The van der Waals surface area contributed by atoms with Crippen LogP contribution in [0.1, 0.15) is 17.2 Å². The van der Waals surface area contributed by atoms with Gasteiger partial charge in [-0.1, -0.05) is 30.3 Å². The molecule has 0 saturated carbocycles. The van der Waals surface area contributed by atoms with Gasteiger partial charge >= 0.3 is 0 Å². The second-order valence-corrected chi connectivity index (χ2v) is 5.95. The van der Waals surface area contributed by atoms with E-state index in [-0.39, 0.29) is 10.5 Å². The number of carbonyl (C=O) groups excluding carboxylic acids is 1. The average molecular weight is 307 g/mol. The number of methoxy groups -OCH3 is 1. The first-order valence-electron chi connectivity index (χ1n) is 6.23. The van der Waals surface area contributed by atoms with Gasteiger partial charge in [-0.05, 0) is 41.4 Å². The fourth-order valence-corrected chi connectivity index (χ4v) is 3.27. The minimum atomic E-state index is -0.325. The van der Waals surface area contributed by atoms with Crippen LogP contribution in [-0.2, 0) is 4.79 Å². The molecule has 20 heavy (non-hydrogen) atoms. The van der Waals surface area contributed by atoms with Crippen LogP contribution in [0, 0.1) is 0 Å². The molecule has 2 aromatic carbocycles. The van der Waals surface area contributed by atoms with Crippen LogP contribution in [0.3, 0.4) is 0 Å². The van der Waals surface area contributed by atoms with Crippen molar-refractivity contribution < 1.29 is 9.53 Å². The van der Waals surface area contributed by atoms with Crippen molar-refractivity contribution in [3.05, 3.63) is 60.2 Å². The van der Waals surface area contributed by atoms with Crippen LogP contribution in [0.5, 0.6) is 5.75 Å². The zero-order chi connectivity index (χ0) is 14.4. The van der Waals surface area contributed by atoms with Crippen LogP contribution in [0.15, 0.2) is 59.5 Å². The summed E-state index contributed by atoms with van der Waals surface area (Å²) in [6, 6.07) is 17.7. The largest absolute Gasteiger partial charge is 0.497 e. The molecule has 0 spiro atoms. The molecular weight excluding hydrogens is 292 g/mol. The summed E-state index contributed by atoms with van der Waals surface area (Å²) >= 11 is 7.21. The molecule has 0 aliphatic carbocycles. The lowest BCUT2D eigenvalue weighted by Crippen LogP contribution is -1.99. The first kappa shape index (κ1) is 14.9. The van der Waals surface area contributed by atoms with Crippen molar-refractivity contribution >= 4 is 28.6 Å². The summed E-state index contributed by atoms with van der Waals surface area (Å²) < 4.78 is 5.15. The normalized spacial score (nSPS) is 11.9. The Kier molecular flexibility index (Phi) is 5.50. The monoisotopic (exact) mass is 306 g/mol. The SMILES string of the molecule is COc1ccc(C(CC(=O)Cl)Sc2ccccc2)cc1. The third-order valence-corrected chi connectivity index (χ3v) is 4.28. The molecule has 0 fully saturated rings. The molecule has 0 radical (unpaired) electrons. The van der Waals surface area contributed by atoms with Crippen LogP contribution in [0.2, 0.25) is 0 Å². The maximum atomic E-state index is 11.3. The summed E-state index contributed by atoms with van der Waals surface area (Å²) in [4.78, 5) is 12.4. The molecule has 0 aliphatic heterocycles. The molecule has 2 nitrogen and oxygen atoms in total. The Hall–Kier alpha value is -1.45. The summed E-state index contributed by atoms with van der Waals surface area (Å²) in [6.45, 7) is 0. The van der Waals surface area contributed by atoms with Gasteiger partial charge in [0.2, 0.25) is 5.24 Å². The smallest absolute Gasteiger partial charge is 0.223 e. The maximum absolute atomic E-state index is 11.3. The quantitative estimate of drug-likeness (QED) is 0.572. The van der Waals surface area contributed by atoms with E-state index in [0.29, 0.717) is 6.42 Å². The van der Waals surface area contributed by atoms with Crippen LogP contribution in [0.4, 0.5) is 0 Å². The molecule has 4 heteroatoms. The van der Waals surface area contributed by atoms with Gasteiger partial charge in [0.25, 0.3) is 0 Å². The third-order valence-electron chi connectivity index (χ3n) is 2.86. The van der Waals surface area contributed by atoms with E-state index in [4.69, 9.17) is 16.3 Å². The van der Waals surface area contributed by atoms with Gasteiger partial charge in [0.1, 0.15) is 5.75 Å². The molecule has 0 saturated heterocycles. The Bertz CT molecular complexity index is 554. The lowest BCUT2D eigenvalue weighted by Gasteiger charge is -2.15. The van der Waals surface area contributed by atoms with Crippen LogP contribution in [-0.4, -0.2) is 12.4 Å². The Morgan fingerprint density at radius 1 is 1.15 bits per heavy atom. The lowest BCUT2D eigenvalue weighted by atomic mass is 10.1. The molecule has 0 aliphatic rings. The van der Waals surface area contributed by atoms with E-state index in [1.807, 2.05) is 54.6 Å². The summed E-state index contributed by atoms with van der Waals surface area (Å²) in [6.07, 6.45) is 0.299. The highest BCUT2D eigenvalue weighted by molar-refractivity contribution is 7.99. The van der Waals surface area contributed by atoms with Crippen molar-refractivity contribution in [3.8, 4) is 5.75 Å². The molecule has 0 heterocycles. The molecule has 104 valence electrons. The second-order valence-electron chi connectivity index (χ2n) is 4.25. The van der Waals surface area contributed by atoms with Crippen LogP contribution in [0.25, 0.3) is 0 Å². The Labute approximate surface area is 128 Å². The topological polar surface area (TPSA) is 26.3 Å². The van der Waals surface area contributed by atoms with Crippen molar-refractivity contribution in [2.24, 2.45) is 0 Å².